The lowest BCUT2D eigenvalue weighted by Crippen LogP contribution is -2.27. The van der Waals surface area contributed by atoms with Crippen LogP contribution in [0.1, 0.15) is 18.2 Å². The first kappa shape index (κ1) is 17.6. The maximum Gasteiger partial charge on any atom is 0.246 e. The van der Waals surface area contributed by atoms with E-state index >= 15 is 0 Å². The van der Waals surface area contributed by atoms with Gasteiger partial charge in [-0.25, -0.2) is 17.2 Å². The highest BCUT2D eigenvalue weighted by molar-refractivity contribution is 7.89. The third-order valence-electron chi connectivity index (χ3n) is 4.07. The molecule has 0 bridgehead atoms. The number of rotatable bonds is 5. The van der Waals surface area contributed by atoms with Crippen LogP contribution in [-0.4, -0.2) is 19.8 Å². The molecule has 0 aliphatic carbocycles. The molecule has 25 heavy (non-hydrogen) atoms. The Morgan fingerprint density at radius 1 is 1.12 bits per heavy atom. The van der Waals surface area contributed by atoms with Crippen LogP contribution in [-0.2, 0) is 23.0 Å². The molecule has 0 saturated carbocycles. The molecule has 4 nitrogen and oxygen atoms in total. The number of hydrogen-bond donors (Lipinski definition) is 0. The second-order valence-electron chi connectivity index (χ2n) is 5.69. The van der Waals surface area contributed by atoms with Crippen molar-refractivity contribution in [2.24, 2.45) is 0 Å². The fraction of sp³-hybridized carbons (Fsp3) is 0.222. The van der Waals surface area contributed by atoms with Crippen molar-refractivity contribution < 1.29 is 21.6 Å². The number of halogens is 2. The minimum absolute atomic E-state index is 0.0271. The van der Waals surface area contributed by atoms with Gasteiger partial charge in [0.2, 0.25) is 10.0 Å². The highest BCUT2D eigenvalue weighted by Gasteiger charge is 2.27. The molecule has 0 atom stereocenters. The van der Waals surface area contributed by atoms with Crippen LogP contribution >= 0.6 is 0 Å². The Labute approximate surface area is 144 Å². The summed E-state index contributed by atoms with van der Waals surface area (Å²) in [6.07, 6.45) is 0.600. The average molecular weight is 365 g/mol. The molecule has 3 aromatic rings. The van der Waals surface area contributed by atoms with Crippen LogP contribution < -0.4 is 0 Å². The summed E-state index contributed by atoms with van der Waals surface area (Å²) in [6.45, 7) is 1.94. The SMILES string of the molecule is CCc1oc2ccccc2c1CN(C)S(=O)(=O)c1ccc(F)cc1F. The van der Waals surface area contributed by atoms with E-state index in [0.717, 1.165) is 27.4 Å². The highest BCUT2D eigenvalue weighted by Crippen LogP contribution is 2.29. The Bertz CT molecular complexity index is 1030. The van der Waals surface area contributed by atoms with Gasteiger partial charge in [-0.15, -0.1) is 0 Å². The molecule has 0 saturated heterocycles. The molecular weight excluding hydrogens is 348 g/mol. The Kier molecular flexibility index (Phi) is 4.62. The summed E-state index contributed by atoms with van der Waals surface area (Å²) in [5.74, 6) is -1.25. The molecule has 0 amide bonds. The van der Waals surface area contributed by atoms with Crippen molar-refractivity contribution in [2.75, 3.05) is 7.05 Å². The molecule has 0 spiro atoms. The molecule has 0 fully saturated rings. The van der Waals surface area contributed by atoms with Gasteiger partial charge in [0.1, 0.15) is 27.9 Å². The standard InChI is InChI=1S/C18H17F2NO3S/c1-3-16-14(13-6-4-5-7-17(13)24-16)11-21(2)25(22,23)18-9-8-12(19)10-15(18)20/h4-10H,3,11H2,1-2H3. The molecule has 3 rings (SSSR count). The Morgan fingerprint density at radius 3 is 2.52 bits per heavy atom. The molecule has 2 aromatic carbocycles. The van der Waals surface area contributed by atoms with Crippen LogP contribution in [0.15, 0.2) is 51.8 Å². The number of nitrogens with zero attached hydrogens (tertiary/aromatic N) is 1. The van der Waals surface area contributed by atoms with Crippen LogP contribution in [0, 0.1) is 11.6 Å². The van der Waals surface area contributed by atoms with Gasteiger partial charge < -0.3 is 4.42 Å². The lowest BCUT2D eigenvalue weighted by atomic mass is 10.1. The van der Waals surface area contributed by atoms with Crippen molar-refractivity contribution >= 4 is 21.0 Å². The van der Waals surface area contributed by atoms with Crippen molar-refractivity contribution in [3.8, 4) is 0 Å². The monoisotopic (exact) mass is 365 g/mol. The van der Waals surface area contributed by atoms with E-state index in [1.807, 2.05) is 31.2 Å². The van der Waals surface area contributed by atoms with E-state index < -0.39 is 26.6 Å². The van der Waals surface area contributed by atoms with Crippen LogP contribution in [0.4, 0.5) is 8.78 Å². The van der Waals surface area contributed by atoms with Crippen molar-refractivity contribution in [2.45, 2.75) is 24.8 Å². The Balaban J connectivity index is 2.00. The summed E-state index contributed by atoms with van der Waals surface area (Å²) in [7, 11) is -2.75. The first-order valence-electron chi connectivity index (χ1n) is 7.75. The van der Waals surface area contributed by atoms with Crippen LogP contribution in [0.3, 0.4) is 0 Å². The molecular formula is C18H17F2NO3S. The van der Waals surface area contributed by atoms with Gasteiger partial charge in [-0.3, -0.25) is 0 Å². The van der Waals surface area contributed by atoms with Crippen LogP contribution in [0.25, 0.3) is 11.0 Å². The quantitative estimate of drug-likeness (QED) is 0.684. The third kappa shape index (κ3) is 3.17. The maximum atomic E-state index is 13.9. The van der Waals surface area contributed by atoms with E-state index in [4.69, 9.17) is 4.42 Å². The average Bonchev–Trinajstić information content (AvgIpc) is 2.92. The predicted octanol–water partition coefficient (Wildman–Crippen LogP) is 4.09. The van der Waals surface area contributed by atoms with Gasteiger partial charge in [0.05, 0.1) is 0 Å². The molecule has 1 aromatic heterocycles. The van der Waals surface area contributed by atoms with Gasteiger partial charge in [-0.2, -0.15) is 4.31 Å². The maximum absolute atomic E-state index is 13.9. The summed E-state index contributed by atoms with van der Waals surface area (Å²) in [6, 6.07) is 9.77. The number of benzene rings is 2. The molecule has 0 aliphatic heterocycles. The van der Waals surface area contributed by atoms with Gasteiger partial charge in [-0.05, 0) is 18.2 Å². The van der Waals surface area contributed by atoms with Crippen molar-refractivity contribution in [1.82, 2.24) is 4.31 Å². The summed E-state index contributed by atoms with van der Waals surface area (Å²) < 4.78 is 59.1. The van der Waals surface area contributed by atoms with Crippen LogP contribution in [0.2, 0.25) is 0 Å². The molecule has 7 heteroatoms. The predicted molar refractivity (Wildman–Crippen MR) is 90.6 cm³/mol. The van der Waals surface area contributed by atoms with Gasteiger partial charge in [-0.1, -0.05) is 25.1 Å². The Hall–Kier alpha value is -2.25. The largest absolute Gasteiger partial charge is 0.461 e. The number of furan rings is 1. The summed E-state index contributed by atoms with van der Waals surface area (Å²) in [5.41, 5.74) is 1.42. The van der Waals surface area contributed by atoms with E-state index in [9.17, 15) is 17.2 Å². The molecule has 0 N–H and O–H groups in total. The fourth-order valence-electron chi connectivity index (χ4n) is 2.77. The number of sulfonamides is 1. The second kappa shape index (κ2) is 6.57. The van der Waals surface area contributed by atoms with E-state index in [1.165, 1.54) is 7.05 Å². The third-order valence-corrected chi connectivity index (χ3v) is 5.90. The molecule has 0 aliphatic rings. The minimum atomic E-state index is -4.11. The second-order valence-corrected chi connectivity index (χ2v) is 7.70. The Morgan fingerprint density at radius 2 is 1.84 bits per heavy atom. The zero-order valence-corrected chi connectivity index (χ0v) is 14.6. The van der Waals surface area contributed by atoms with Gasteiger partial charge in [0, 0.05) is 37.0 Å². The zero-order chi connectivity index (χ0) is 18.2. The topological polar surface area (TPSA) is 50.5 Å². The van der Waals surface area contributed by atoms with Crippen molar-refractivity contribution in [1.29, 1.82) is 0 Å². The number of hydrogen-bond acceptors (Lipinski definition) is 3. The molecule has 0 radical (unpaired) electrons. The van der Waals surface area contributed by atoms with E-state index in [0.29, 0.717) is 23.8 Å². The number of fused-ring (bicyclic) bond motifs is 1. The van der Waals surface area contributed by atoms with Crippen molar-refractivity contribution in [3.63, 3.8) is 0 Å². The van der Waals surface area contributed by atoms with Crippen molar-refractivity contribution in [3.05, 3.63) is 65.4 Å². The number of para-hydroxylation sites is 1. The first-order valence-corrected chi connectivity index (χ1v) is 9.19. The molecule has 132 valence electrons. The first-order chi connectivity index (χ1) is 11.8. The summed E-state index contributed by atoms with van der Waals surface area (Å²) in [4.78, 5) is -0.553. The lowest BCUT2D eigenvalue weighted by molar-refractivity contribution is 0.452. The molecule has 1 heterocycles. The summed E-state index contributed by atoms with van der Waals surface area (Å²) in [5, 5.41) is 0.820. The summed E-state index contributed by atoms with van der Waals surface area (Å²) >= 11 is 0. The van der Waals surface area contributed by atoms with E-state index in [2.05, 4.69) is 0 Å². The van der Waals surface area contributed by atoms with E-state index in [-0.39, 0.29) is 6.54 Å². The number of aryl methyl sites for hydroxylation is 1. The zero-order valence-electron chi connectivity index (χ0n) is 13.8. The van der Waals surface area contributed by atoms with E-state index in [1.54, 1.807) is 0 Å². The molecule has 0 unspecified atom stereocenters. The smallest absolute Gasteiger partial charge is 0.246 e. The lowest BCUT2D eigenvalue weighted by Gasteiger charge is -2.18. The van der Waals surface area contributed by atoms with Gasteiger partial charge >= 0.3 is 0 Å². The highest BCUT2D eigenvalue weighted by atomic mass is 32.2. The fourth-order valence-corrected chi connectivity index (χ4v) is 3.95. The minimum Gasteiger partial charge on any atom is -0.461 e. The van der Waals surface area contributed by atoms with Gasteiger partial charge in [0.15, 0.2) is 0 Å². The van der Waals surface area contributed by atoms with Gasteiger partial charge in [0.25, 0.3) is 0 Å². The van der Waals surface area contributed by atoms with Crippen LogP contribution in [0.5, 0.6) is 0 Å². The normalized spacial score (nSPS) is 12.2.